The zero-order chi connectivity index (χ0) is 10.1. The van der Waals surface area contributed by atoms with Crippen LogP contribution in [0.3, 0.4) is 0 Å². The summed E-state index contributed by atoms with van der Waals surface area (Å²) in [5, 5.41) is 9.25. The van der Waals surface area contributed by atoms with Gasteiger partial charge in [-0.05, 0) is 18.9 Å². The molecule has 1 aliphatic rings. The Hall–Kier alpha value is -1.02. The Balaban J connectivity index is 2.24. The van der Waals surface area contributed by atoms with Crippen molar-refractivity contribution in [3.8, 4) is 0 Å². The average Bonchev–Trinajstić information content (AvgIpc) is 2.13. The number of aryl methyl sites for hydroxylation is 1. The van der Waals surface area contributed by atoms with Gasteiger partial charge in [-0.1, -0.05) is 24.6 Å². The van der Waals surface area contributed by atoms with Crippen molar-refractivity contribution in [1.82, 2.24) is 0 Å². The molecule has 1 N–H and O–H groups in total. The van der Waals surface area contributed by atoms with Crippen LogP contribution in [0.25, 0.3) is 0 Å². The van der Waals surface area contributed by atoms with Gasteiger partial charge in [-0.15, -0.1) is 0 Å². The Morgan fingerprint density at radius 1 is 1.43 bits per heavy atom. The first-order chi connectivity index (χ1) is 6.70. The van der Waals surface area contributed by atoms with Crippen LogP contribution in [0.5, 0.6) is 0 Å². The van der Waals surface area contributed by atoms with Crippen LogP contribution in [0.4, 0.5) is 5.69 Å². The Morgan fingerprint density at radius 2 is 2.14 bits per heavy atom. The molecule has 0 unspecified atom stereocenters. The summed E-state index contributed by atoms with van der Waals surface area (Å²) in [7, 11) is 0. The van der Waals surface area contributed by atoms with Gasteiger partial charge in [0.05, 0.1) is 6.61 Å². The lowest BCUT2D eigenvalue weighted by Crippen LogP contribution is -2.45. The Labute approximate surface area is 85.2 Å². The van der Waals surface area contributed by atoms with Gasteiger partial charge in [0.1, 0.15) is 0 Å². The van der Waals surface area contributed by atoms with E-state index in [1.54, 1.807) is 0 Å². The zero-order valence-electron chi connectivity index (χ0n) is 8.83. The van der Waals surface area contributed by atoms with E-state index in [0.29, 0.717) is 0 Å². The molecular weight excluding hydrogens is 174 g/mol. The first kappa shape index (κ1) is 9.53. The van der Waals surface area contributed by atoms with Gasteiger partial charge in [-0.2, -0.15) is 0 Å². The number of benzene rings is 1. The fourth-order valence-corrected chi connectivity index (χ4v) is 2.05. The van der Waals surface area contributed by atoms with Crippen molar-refractivity contribution in [1.29, 1.82) is 0 Å². The van der Waals surface area contributed by atoms with Gasteiger partial charge < -0.3 is 10.0 Å². The molecule has 2 heteroatoms. The van der Waals surface area contributed by atoms with E-state index in [1.165, 1.54) is 11.3 Å². The summed E-state index contributed by atoms with van der Waals surface area (Å²) in [6.45, 7) is 6.69. The Bertz CT molecular complexity index is 329. The van der Waals surface area contributed by atoms with E-state index in [9.17, 15) is 5.11 Å². The highest BCUT2D eigenvalue weighted by atomic mass is 16.3. The second-order valence-corrected chi connectivity index (χ2v) is 4.30. The van der Waals surface area contributed by atoms with E-state index in [1.807, 2.05) is 0 Å². The molecule has 0 bridgehead atoms. The quantitative estimate of drug-likeness (QED) is 0.772. The minimum Gasteiger partial charge on any atom is -0.392 e. The lowest BCUT2D eigenvalue weighted by atomic mass is 9.99. The molecule has 76 valence electrons. The largest absolute Gasteiger partial charge is 0.392 e. The van der Waals surface area contributed by atoms with Crippen LogP contribution in [-0.2, 0) is 6.61 Å². The first-order valence-corrected chi connectivity index (χ1v) is 5.16. The fourth-order valence-electron chi connectivity index (χ4n) is 2.05. The van der Waals surface area contributed by atoms with E-state index < -0.39 is 0 Å². The maximum atomic E-state index is 9.25. The summed E-state index contributed by atoms with van der Waals surface area (Å²) in [4.78, 5) is 2.33. The molecule has 1 aromatic rings. The third-order valence-electron chi connectivity index (χ3n) is 2.81. The number of anilines is 1. The summed E-state index contributed by atoms with van der Waals surface area (Å²) in [5.74, 6) is 0.794. The van der Waals surface area contributed by atoms with Crippen LogP contribution in [0, 0.1) is 12.8 Å². The molecule has 1 aromatic carbocycles. The molecule has 0 radical (unpaired) electrons. The molecule has 1 fully saturated rings. The third kappa shape index (κ3) is 1.62. The SMILES string of the molecule is Cc1ccc(N2CC(C)C2)c(CO)c1. The molecule has 2 nitrogen and oxygen atoms in total. The van der Waals surface area contributed by atoms with E-state index in [2.05, 4.69) is 36.9 Å². The summed E-state index contributed by atoms with van der Waals surface area (Å²) in [5.41, 5.74) is 3.47. The van der Waals surface area contributed by atoms with Crippen molar-refractivity contribution in [2.24, 2.45) is 5.92 Å². The highest BCUT2D eigenvalue weighted by Crippen LogP contribution is 2.28. The predicted octanol–water partition coefficient (Wildman–Crippen LogP) is 1.94. The minimum atomic E-state index is 0.141. The standard InChI is InChI=1S/C12H17NO/c1-9-3-4-12(11(5-9)8-14)13-6-10(2)7-13/h3-5,10,14H,6-8H2,1-2H3. The molecule has 0 aromatic heterocycles. The molecule has 0 amide bonds. The van der Waals surface area contributed by atoms with Crippen LogP contribution in [-0.4, -0.2) is 18.2 Å². The predicted molar refractivity (Wildman–Crippen MR) is 58.5 cm³/mol. The van der Waals surface area contributed by atoms with Crippen molar-refractivity contribution < 1.29 is 5.11 Å². The molecule has 1 saturated heterocycles. The number of rotatable bonds is 2. The van der Waals surface area contributed by atoms with Crippen molar-refractivity contribution in [3.63, 3.8) is 0 Å². The molecule has 1 aliphatic heterocycles. The maximum Gasteiger partial charge on any atom is 0.0702 e. The van der Waals surface area contributed by atoms with Gasteiger partial charge in [0, 0.05) is 24.3 Å². The monoisotopic (exact) mass is 191 g/mol. The van der Waals surface area contributed by atoms with Crippen molar-refractivity contribution in [2.75, 3.05) is 18.0 Å². The topological polar surface area (TPSA) is 23.5 Å². The van der Waals surface area contributed by atoms with Gasteiger partial charge in [0.15, 0.2) is 0 Å². The smallest absolute Gasteiger partial charge is 0.0702 e. The van der Waals surface area contributed by atoms with Crippen molar-refractivity contribution >= 4 is 5.69 Å². The van der Waals surface area contributed by atoms with Crippen LogP contribution < -0.4 is 4.90 Å². The molecule has 0 atom stereocenters. The molecule has 2 rings (SSSR count). The lowest BCUT2D eigenvalue weighted by Gasteiger charge is -2.40. The summed E-state index contributed by atoms with van der Waals surface area (Å²) in [6.07, 6.45) is 0. The second-order valence-electron chi connectivity index (χ2n) is 4.30. The number of nitrogens with zero attached hydrogens (tertiary/aromatic N) is 1. The van der Waals surface area contributed by atoms with Gasteiger partial charge >= 0.3 is 0 Å². The molecule has 14 heavy (non-hydrogen) atoms. The fraction of sp³-hybridized carbons (Fsp3) is 0.500. The minimum absolute atomic E-state index is 0.141. The highest BCUT2D eigenvalue weighted by molar-refractivity contribution is 5.56. The Kier molecular flexibility index (Phi) is 2.46. The second kappa shape index (κ2) is 3.62. The summed E-state index contributed by atoms with van der Waals surface area (Å²) < 4.78 is 0. The Morgan fingerprint density at radius 3 is 2.71 bits per heavy atom. The van der Waals surface area contributed by atoms with E-state index in [4.69, 9.17) is 0 Å². The van der Waals surface area contributed by atoms with Gasteiger partial charge in [0.2, 0.25) is 0 Å². The third-order valence-corrected chi connectivity index (χ3v) is 2.81. The summed E-state index contributed by atoms with van der Waals surface area (Å²) in [6, 6.07) is 6.29. The highest BCUT2D eigenvalue weighted by Gasteiger charge is 2.24. The molecular formula is C12H17NO. The molecule has 0 saturated carbocycles. The van der Waals surface area contributed by atoms with E-state index >= 15 is 0 Å². The van der Waals surface area contributed by atoms with E-state index in [-0.39, 0.29) is 6.61 Å². The van der Waals surface area contributed by atoms with Crippen molar-refractivity contribution in [2.45, 2.75) is 20.5 Å². The van der Waals surface area contributed by atoms with Gasteiger partial charge in [-0.25, -0.2) is 0 Å². The molecule has 0 aliphatic carbocycles. The molecule has 0 spiro atoms. The van der Waals surface area contributed by atoms with Crippen molar-refractivity contribution in [3.05, 3.63) is 29.3 Å². The van der Waals surface area contributed by atoms with Crippen LogP contribution in [0.2, 0.25) is 0 Å². The number of hydrogen-bond donors (Lipinski definition) is 1. The van der Waals surface area contributed by atoms with Crippen LogP contribution >= 0.6 is 0 Å². The normalized spacial score (nSPS) is 16.9. The number of hydrogen-bond acceptors (Lipinski definition) is 2. The number of aliphatic hydroxyl groups is 1. The van der Waals surface area contributed by atoms with E-state index in [0.717, 1.165) is 24.6 Å². The number of aliphatic hydroxyl groups excluding tert-OH is 1. The molecule has 1 heterocycles. The van der Waals surface area contributed by atoms with Crippen LogP contribution in [0.1, 0.15) is 18.1 Å². The van der Waals surface area contributed by atoms with Gasteiger partial charge in [-0.3, -0.25) is 0 Å². The maximum absolute atomic E-state index is 9.25. The zero-order valence-corrected chi connectivity index (χ0v) is 8.83. The van der Waals surface area contributed by atoms with Crippen LogP contribution in [0.15, 0.2) is 18.2 Å². The lowest BCUT2D eigenvalue weighted by molar-refractivity contribution is 0.281. The first-order valence-electron chi connectivity index (χ1n) is 5.16. The average molecular weight is 191 g/mol. The summed E-state index contributed by atoms with van der Waals surface area (Å²) >= 11 is 0. The van der Waals surface area contributed by atoms with Gasteiger partial charge in [0.25, 0.3) is 0 Å².